The molecule has 1 N–H and O–H groups in total. The van der Waals surface area contributed by atoms with Gasteiger partial charge in [0.15, 0.2) is 0 Å². The topological polar surface area (TPSA) is 47.0 Å². The standard InChI is InChI=1S/C15H19N3O/c1-3-12-5-7-14(8-6-12)19-15-11-17-10-13(18-15)9-16-4-2/h5-8,10-11,16H,3-4,9H2,1-2H3. The van der Waals surface area contributed by atoms with E-state index in [0.29, 0.717) is 12.4 Å². The minimum absolute atomic E-state index is 0.527. The summed E-state index contributed by atoms with van der Waals surface area (Å²) >= 11 is 0. The van der Waals surface area contributed by atoms with Crippen LogP contribution in [0.5, 0.6) is 11.6 Å². The predicted octanol–water partition coefficient (Wildman–Crippen LogP) is 2.94. The van der Waals surface area contributed by atoms with Crippen molar-refractivity contribution < 1.29 is 4.74 Å². The van der Waals surface area contributed by atoms with Crippen LogP contribution in [-0.2, 0) is 13.0 Å². The zero-order valence-electron chi connectivity index (χ0n) is 11.4. The third-order valence-electron chi connectivity index (χ3n) is 2.77. The van der Waals surface area contributed by atoms with Crippen LogP contribution in [0.15, 0.2) is 36.7 Å². The molecule has 1 aromatic carbocycles. The van der Waals surface area contributed by atoms with E-state index in [0.717, 1.165) is 24.4 Å². The summed E-state index contributed by atoms with van der Waals surface area (Å²) < 4.78 is 5.70. The monoisotopic (exact) mass is 257 g/mol. The molecular formula is C15H19N3O. The highest BCUT2D eigenvalue weighted by Gasteiger charge is 2.01. The van der Waals surface area contributed by atoms with E-state index in [9.17, 15) is 0 Å². The Morgan fingerprint density at radius 3 is 2.58 bits per heavy atom. The summed E-state index contributed by atoms with van der Waals surface area (Å²) in [5.74, 6) is 1.31. The number of ether oxygens (including phenoxy) is 1. The fourth-order valence-electron chi connectivity index (χ4n) is 1.69. The van der Waals surface area contributed by atoms with Gasteiger partial charge in [-0.05, 0) is 30.7 Å². The first-order chi connectivity index (χ1) is 9.31. The fraction of sp³-hybridized carbons (Fsp3) is 0.333. The number of nitrogens with zero attached hydrogens (tertiary/aromatic N) is 2. The maximum atomic E-state index is 5.70. The van der Waals surface area contributed by atoms with Crippen molar-refractivity contribution in [3.8, 4) is 11.6 Å². The molecule has 4 nitrogen and oxygen atoms in total. The molecule has 0 bridgehead atoms. The first-order valence-corrected chi connectivity index (χ1v) is 6.60. The molecule has 0 fully saturated rings. The van der Waals surface area contributed by atoms with Gasteiger partial charge in [0.1, 0.15) is 5.75 Å². The summed E-state index contributed by atoms with van der Waals surface area (Å²) in [7, 11) is 0. The van der Waals surface area contributed by atoms with Gasteiger partial charge in [0.25, 0.3) is 0 Å². The zero-order chi connectivity index (χ0) is 13.5. The van der Waals surface area contributed by atoms with Crippen LogP contribution in [0.3, 0.4) is 0 Å². The third kappa shape index (κ3) is 4.03. The van der Waals surface area contributed by atoms with Gasteiger partial charge in [-0.1, -0.05) is 26.0 Å². The number of benzene rings is 1. The van der Waals surface area contributed by atoms with E-state index in [2.05, 4.69) is 41.3 Å². The van der Waals surface area contributed by atoms with Crippen LogP contribution in [0.4, 0.5) is 0 Å². The van der Waals surface area contributed by atoms with Crippen molar-refractivity contribution >= 4 is 0 Å². The van der Waals surface area contributed by atoms with Crippen molar-refractivity contribution in [3.63, 3.8) is 0 Å². The Morgan fingerprint density at radius 2 is 1.89 bits per heavy atom. The van der Waals surface area contributed by atoms with Crippen molar-refractivity contribution in [2.45, 2.75) is 26.8 Å². The second-order valence-electron chi connectivity index (χ2n) is 4.23. The molecule has 0 amide bonds. The van der Waals surface area contributed by atoms with Gasteiger partial charge in [0.05, 0.1) is 11.9 Å². The molecular weight excluding hydrogens is 238 g/mol. The number of hydrogen-bond donors (Lipinski definition) is 1. The largest absolute Gasteiger partial charge is 0.437 e. The SMILES string of the molecule is CCNCc1cncc(Oc2ccc(CC)cc2)n1. The highest BCUT2D eigenvalue weighted by Crippen LogP contribution is 2.19. The molecule has 1 aromatic heterocycles. The predicted molar refractivity (Wildman–Crippen MR) is 75.3 cm³/mol. The van der Waals surface area contributed by atoms with Crippen molar-refractivity contribution in [2.75, 3.05) is 6.54 Å². The Kier molecular flexibility index (Phi) is 4.86. The molecule has 1 heterocycles. The van der Waals surface area contributed by atoms with E-state index in [-0.39, 0.29) is 0 Å². The lowest BCUT2D eigenvalue weighted by Gasteiger charge is -2.07. The summed E-state index contributed by atoms with van der Waals surface area (Å²) in [5, 5.41) is 3.21. The van der Waals surface area contributed by atoms with Gasteiger partial charge in [-0.25, -0.2) is 4.98 Å². The van der Waals surface area contributed by atoms with Crippen molar-refractivity contribution in [2.24, 2.45) is 0 Å². The number of aromatic nitrogens is 2. The Hall–Kier alpha value is -1.94. The molecule has 19 heavy (non-hydrogen) atoms. The zero-order valence-corrected chi connectivity index (χ0v) is 11.4. The van der Waals surface area contributed by atoms with Crippen LogP contribution in [0.2, 0.25) is 0 Å². The lowest BCUT2D eigenvalue weighted by molar-refractivity contribution is 0.456. The minimum Gasteiger partial charge on any atom is -0.437 e. The summed E-state index contributed by atoms with van der Waals surface area (Å²) in [6.45, 7) is 5.80. The van der Waals surface area contributed by atoms with E-state index in [1.54, 1.807) is 12.4 Å². The van der Waals surface area contributed by atoms with E-state index >= 15 is 0 Å². The van der Waals surface area contributed by atoms with Gasteiger partial charge in [-0.2, -0.15) is 0 Å². The lowest BCUT2D eigenvalue weighted by Crippen LogP contribution is -2.13. The first-order valence-electron chi connectivity index (χ1n) is 6.60. The highest BCUT2D eigenvalue weighted by atomic mass is 16.5. The molecule has 0 radical (unpaired) electrons. The first kappa shape index (κ1) is 13.5. The van der Waals surface area contributed by atoms with Crippen molar-refractivity contribution in [1.29, 1.82) is 0 Å². The molecule has 0 saturated heterocycles. The second-order valence-corrected chi connectivity index (χ2v) is 4.23. The van der Waals surface area contributed by atoms with E-state index < -0.39 is 0 Å². The smallest absolute Gasteiger partial charge is 0.238 e. The Balaban J connectivity index is 2.05. The average molecular weight is 257 g/mol. The number of aryl methyl sites for hydroxylation is 1. The van der Waals surface area contributed by atoms with Gasteiger partial charge < -0.3 is 10.1 Å². The summed E-state index contributed by atoms with van der Waals surface area (Å²) in [5.41, 5.74) is 2.17. The molecule has 0 atom stereocenters. The van der Waals surface area contributed by atoms with Crippen LogP contribution < -0.4 is 10.1 Å². The third-order valence-corrected chi connectivity index (χ3v) is 2.77. The second kappa shape index (κ2) is 6.85. The van der Waals surface area contributed by atoms with E-state index in [1.807, 2.05) is 12.1 Å². The average Bonchev–Trinajstić information content (AvgIpc) is 2.46. The number of rotatable bonds is 6. The highest BCUT2D eigenvalue weighted by molar-refractivity contribution is 5.30. The van der Waals surface area contributed by atoms with Gasteiger partial charge in [-0.15, -0.1) is 0 Å². The Morgan fingerprint density at radius 1 is 1.11 bits per heavy atom. The maximum absolute atomic E-state index is 5.70. The molecule has 2 aromatic rings. The van der Waals surface area contributed by atoms with E-state index in [4.69, 9.17) is 4.74 Å². The molecule has 4 heteroatoms. The van der Waals surface area contributed by atoms with Gasteiger partial charge in [0.2, 0.25) is 5.88 Å². The van der Waals surface area contributed by atoms with E-state index in [1.165, 1.54) is 5.56 Å². The normalized spacial score (nSPS) is 10.4. The molecule has 100 valence electrons. The van der Waals surface area contributed by atoms with Gasteiger partial charge in [-0.3, -0.25) is 4.98 Å². The fourth-order valence-corrected chi connectivity index (χ4v) is 1.69. The van der Waals surface area contributed by atoms with Crippen LogP contribution in [-0.4, -0.2) is 16.5 Å². The van der Waals surface area contributed by atoms with Crippen molar-refractivity contribution in [1.82, 2.24) is 15.3 Å². The lowest BCUT2D eigenvalue weighted by atomic mass is 10.2. The number of nitrogens with one attached hydrogen (secondary N) is 1. The van der Waals surface area contributed by atoms with Crippen LogP contribution in [0.25, 0.3) is 0 Å². The molecule has 0 saturated carbocycles. The van der Waals surface area contributed by atoms with Gasteiger partial charge >= 0.3 is 0 Å². The minimum atomic E-state index is 0.527. The number of hydrogen-bond acceptors (Lipinski definition) is 4. The van der Waals surface area contributed by atoms with Crippen LogP contribution >= 0.6 is 0 Å². The quantitative estimate of drug-likeness (QED) is 0.864. The molecule has 0 spiro atoms. The molecule has 0 aliphatic rings. The molecule has 2 rings (SSSR count). The molecule has 0 aliphatic heterocycles. The summed E-state index contributed by atoms with van der Waals surface area (Å²) in [6.07, 6.45) is 4.40. The van der Waals surface area contributed by atoms with Crippen molar-refractivity contribution in [3.05, 3.63) is 47.9 Å². The Bertz CT molecular complexity index is 511. The Labute approximate surface area is 113 Å². The summed E-state index contributed by atoms with van der Waals surface area (Å²) in [4.78, 5) is 8.54. The van der Waals surface area contributed by atoms with Gasteiger partial charge in [0, 0.05) is 12.7 Å². The maximum Gasteiger partial charge on any atom is 0.238 e. The summed E-state index contributed by atoms with van der Waals surface area (Å²) in [6, 6.07) is 8.03. The van der Waals surface area contributed by atoms with Crippen LogP contribution in [0, 0.1) is 0 Å². The molecule has 0 unspecified atom stereocenters. The van der Waals surface area contributed by atoms with Crippen LogP contribution in [0.1, 0.15) is 25.1 Å². The molecule has 0 aliphatic carbocycles.